The van der Waals surface area contributed by atoms with Gasteiger partial charge in [-0.25, -0.2) is 8.78 Å². The predicted molar refractivity (Wildman–Crippen MR) is 98.7 cm³/mol. The molecule has 5 nitrogen and oxygen atoms in total. The van der Waals surface area contributed by atoms with Crippen LogP contribution in [0.1, 0.15) is 31.1 Å². The lowest BCUT2D eigenvalue weighted by molar-refractivity contribution is -0.118. The Balaban J connectivity index is 2.17. The summed E-state index contributed by atoms with van der Waals surface area (Å²) in [6.45, 7) is 5.69. The van der Waals surface area contributed by atoms with E-state index in [9.17, 15) is 18.4 Å². The first-order chi connectivity index (χ1) is 12.8. The zero-order chi connectivity index (χ0) is 20.0. The van der Waals surface area contributed by atoms with E-state index in [1.807, 2.05) is 0 Å². The molecule has 0 saturated carbocycles. The van der Waals surface area contributed by atoms with Gasteiger partial charge in [0.25, 0.3) is 5.91 Å². The van der Waals surface area contributed by atoms with E-state index in [-0.39, 0.29) is 11.6 Å². The number of hydrogen-bond acceptors (Lipinski definition) is 3. The first-order valence-electron chi connectivity index (χ1n) is 8.62. The number of para-hydroxylation sites is 1. The molecule has 1 atom stereocenters. The van der Waals surface area contributed by atoms with E-state index in [2.05, 4.69) is 10.6 Å². The molecular formula is C20H22F2N2O3. The molecule has 2 rings (SSSR count). The minimum absolute atomic E-state index is 0.156. The van der Waals surface area contributed by atoms with Crippen LogP contribution >= 0.6 is 0 Å². The highest BCUT2D eigenvalue weighted by Crippen LogP contribution is 2.19. The normalized spacial score (nSPS) is 11.8. The third-order valence-corrected chi connectivity index (χ3v) is 3.86. The lowest BCUT2D eigenvalue weighted by atomic mass is 10.0. The largest absolute Gasteiger partial charge is 0.493 e. The maximum absolute atomic E-state index is 13.8. The Morgan fingerprint density at radius 3 is 2.44 bits per heavy atom. The van der Waals surface area contributed by atoms with E-state index in [1.54, 1.807) is 45.0 Å². The fraction of sp³-hybridized carbons (Fsp3) is 0.300. The van der Waals surface area contributed by atoms with Crippen molar-refractivity contribution in [1.82, 2.24) is 5.32 Å². The van der Waals surface area contributed by atoms with Crippen LogP contribution in [0.3, 0.4) is 0 Å². The van der Waals surface area contributed by atoms with Crippen LogP contribution in [-0.4, -0.2) is 24.5 Å². The molecule has 2 N–H and O–H groups in total. The molecule has 0 fully saturated rings. The number of hydrogen-bond donors (Lipinski definition) is 2. The first-order valence-corrected chi connectivity index (χ1v) is 8.62. The summed E-state index contributed by atoms with van der Waals surface area (Å²) in [6, 6.07) is 8.62. The van der Waals surface area contributed by atoms with Gasteiger partial charge in [-0.15, -0.1) is 0 Å². The lowest BCUT2D eigenvalue weighted by Crippen LogP contribution is -2.47. The summed E-state index contributed by atoms with van der Waals surface area (Å²) in [5.74, 6) is -2.57. The maximum Gasteiger partial charge on any atom is 0.255 e. The van der Waals surface area contributed by atoms with Crippen LogP contribution in [-0.2, 0) is 4.79 Å². The van der Waals surface area contributed by atoms with Crippen molar-refractivity contribution < 1.29 is 23.1 Å². The van der Waals surface area contributed by atoms with Gasteiger partial charge in [0.1, 0.15) is 23.4 Å². The number of ether oxygens (including phenoxy) is 1. The molecule has 0 aliphatic rings. The van der Waals surface area contributed by atoms with Crippen molar-refractivity contribution in [3.8, 4) is 5.75 Å². The average Bonchev–Trinajstić information content (AvgIpc) is 2.62. The molecule has 0 aliphatic carbocycles. The quantitative estimate of drug-likeness (QED) is 0.773. The number of nitrogens with one attached hydrogen (secondary N) is 2. The Bertz CT molecular complexity index is 825. The van der Waals surface area contributed by atoms with Gasteiger partial charge in [0, 0.05) is 6.07 Å². The summed E-state index contributed by atoms with van der Waals surface area (Å²) in [6.07, 6.45) is 0. The second kappa shape index (κ2) is 9.12. The van der Waals surface area contributed by atoms with E-state index in [0.29, 0.717) is 24.0 Å². The van der Waals surface area contributed by atoms with Gasteiger partial charge < -0.3 is 15.4 Å². The van der Waals surface area contributed by atoms with E-state index >= 15 is 0 Å². The van der Waals surface area contributed by atoms with E-state index in [1.165, 1.54) is 0 Å². The smallest absolute Gasteiger partial charge is 0.255 e. The van der Waals surface area contributed by atoms with Crippen molar-refractivity contribution in [2.75, 3.05) is 11.9 Å². The molecule has 0 heterocycles. The summed E-state index contributed by atoms with van der Waals surface area (Å²) in [5.41, 5.74) is 0.141. The fourth-order valence-corrected chi connectivity index (χ4v) is 2.49. The summed E-state index contributed by atoms with van der Waals surface area (Å²) in [7, 11) is 0. The molecule has 27 heavy (non-hydrogen) atoms. The Morgan fingerprint density at radius 1 is 1.11 bits per heavy atom. The molecule has 144 valence electrons. The lowest BCUT2D eigenvalue weighted by Gasteiger charge is -2.22. The first kappa shape index (κ1) is 20.4. The van der Waals surface area contributed by atoms with Gasteiger partial charge in [-0.2, -0.15) is 0 Å². The molecule has 2 aromatic rings. The number of rotatable bonds is 7. The van der Waals surface area contributed by atoms with E-state index < -0.39 is 29.5 Å². The third-order valence-electron chi connectivity index (χ3n) is 3.86. The minimum atomic E-state index is -0.920. The SMILES string of the molecule is CCOc1ccccc1C(=O)N[C@@H](C(=O)Nc1ccc(F)cc1F)C(C)C. The molecule has 0 unspecified atom stereocenters. The topological polar surface area (TPSA) is 67.4 Å². The Morgan fingerprint density at radius 2 is 1.81 bits per heavy atom. The van der Waals surface area contributed by atoms with Gasteiger partial charge in [-0.05, 0) is 37.1 Å². The molecule has 0 aliphatic heterocycles. The third kappa shape index (κ3) is 5.26. The van der Waals surface area contributed by atoms with Gasteiger partial charge in [0.05, 0.1) is 17.9 Å². The molecule has 0 spiro atoms. The van der Waals surface area contributed by atoms with Crippen LogP contribution in [0, 0.1) is 17.6 Å². The minimum Gasteiger partial charge on any atom is -0.493 e. The molecular weight excluding hydrogens is 354 g/mol. The maximum atomic E-state index is 13.8. The monoisotopic (exact) mass is 376 g/mol. The zero-order valence-electron chi connectivity index (χ0n) is 15.4. The van der Waals surface area contributed by atoms with Crippen LogP contribution in [0.25, 0.3) is 0 Å². The van der Waals surface area contributed by atoms with Crippen LogP contribution in [0.2, 0.25) is 0 Å². The highest BCUT2D eigenvalue weighted by Gasteiger charge is 2.26. The Kier molecular flexibility index (Phi) is 6.87. The Hall–Kier alpha value is -2.96. The standard InChI is InChI=1S/C20H22F2N2O3/c1-4-27-17-8-6-5-7-14(17)19(25)24-18(12(2)3)20(26)23-16-10-9-13(21)11-15(16)22/h5-12,18H,4H2,1-3H3,(H,23,26)(H,24,25)/t18-/m1/s1. The van der Waals surface area contributed by atoms with Gasteiger partial charge in [0.15, 0.2) is 0 Å². The van der Waals surface area contributed by atoms with Gasteiger partial charge in [0.2, 0.25) is 5.91 Å². The second-order valence-electron chi connectivity index (χ2n) is 6.24. The summed E-state index contributed by atoms with van der Waals surface area (Å²) < 4.78 is 32.2. The molecule has 0 aromatic heterocycles. The van der Waals surface area contributed by atoms with Crippen LogP contribution in [0.4, 0.5) is 14.5 Å². The number of amides is 2. The second-order valence-corrected chi connectivity index (χ2v) is 6.24. The van der Waals surface area contributed by atoms with Crippen LogP contribution in [0.15, 0.2) is 42.5 Å². The van der Waals surface area contributed by atoms with Crippen molar-refractivity contribution >= 4 is 17.5 Å². The number of anilines is 1. The summed E-state index contributed by atoms with van der Waals surface area (Å²) in [4.78, 5) is 25.2. The zero-order valence-corrected chi connectivity index (χ0v) is 15.4. The fourth-order valence-electron chi connectivity index (χ4n) is 2.49. The molecule has 0 saturated heterocycles. The van der Waals surface area contributed by atoms with Gasteiger partial charge >= 0.3 is 0 Å². The van der Waals surface area contributed by atoms with Crippen LogP contribution in [0.5, 0.6) is 5.75 Å². The predicted octanol–water partition coefficient (Wildman–Crippen LogP) is 3.76. The van der Waals surface area contributed by atoms with Crippen molar-refractivity contribution in [3.63, 3.8) is 0 Å². The van der Waals surface area contributed by atoms with Crippen molar-refractivity contribution in [2.24, 2.45) is 5.92 Å². The number of carbonyl (C=O) groups excluding carboxylic acids is 2. The van der Waals surface area contributed by atoms with Gasteiger partial charge in [-0.1, -0.05) is 26.0 Å². The highest BCUT2D eigenvalue weighted by molar-refractivity contribution is 6.02. The molecule has 0 radical (unpaired) electrons. The molecule has 2 amide bonds. The molecule has 0 bridgehead atoms. The summed E-state index contributed by atoms with van der Waals surface area (Å²) in [5, 5.41) is 5.04. The average molecular weight is 376 g/mol. The summed E-state index contributed by atoms with van der Waals surface area (Å²) >= 11 is 0. The van der Waals surface area contributed by atoms with E-state index in [4.69, 9.17) is 4.74 Å². The molecule has 2 aromatic carbocycles. The van der Waals surface area contributed by atoms with Crippen molar-refractivity contribution in [1.29, 1.82) is 0 Å². The van der Waals surface area contributed by atoms with Crippen LogP contribution < -0.4 is 15.4 Å². The van der Waals surface area contributed by atoms with Gasteiger partial charge in [-0.3, -0.25) is 9.59 Å². The number of halogens is 2. The van der Waals surface area contributed by atoms with Crippen molar-refractivity contribution in [2.45, 2.75) is 26.8 Å². The highest BCUT2D eigenvalue weighted by atomic mass is 19.1. The number of benzene rings is 2. The van der Waals surface area contributed by atoms with E-state index in [0.717, 1.165) is 12.1 Å². The molecule has 7 heteroatoms. The Labute approximate surface area is 156 Å². The number of carbonyl (C=O) groups is 2. The van der Waals surface area contributed by atoms with Crippen molar-refractivity contribution in [3.05, 3.63) is 59.7 Å².